The van der Waals surface area contributed by atoms with Gasteiger partial charge in [0.15, 0.2) is 0 Å². The SMILES string of the molecule is Cc1ccc(CC(C)(O)c2ccoc2)c(Cl)c1. The molecule has 0 bridgehead atoms. The Morgan fingerprint density at radius 3 is 2.71 bits per heavy atom. The average Bonchev–Trinajstić information content (AvgIpc) is 2.76. The Hall–Kier alpha value is -1.25. The van der Waals surface area contributed by atoms with Gasteiger partial charge in [-0.2, -0.15) is 0 Å². The van der Waals surface area contributed by atoms with Crippen molar-refractivity contribution in [1.82, 2.24) is 0 Å². The second-order valence-corrected chi connectivity index (χ2v) is 4.96. The summed E-state index contributed by atoms with van der Waals surface area (Å²) in [6.45, 7) is 3.75. The van der Waals surface area contributed by atoms with Crippen LogP contribution in [0.15, 0.2) is 41.2 Å². The summed E-state index contributed by atoms with van der Waals surface area (Å²) in [6, 6.07) is 7.61. The van der Waals surface area contributed by atoms with Gasteiger partial charge in [0.1, 0.15) is 0 Å². The van der Waals surface area contributed by atoms with Crippen molar-refractivity contribution >= 4 is 11.6 Å². The molecule has 0 aliphatic rings. The summed E-state index contributed by atoms with van der Waals surface area (Å²) in [7, 11) is 0. The van der Waals surface area contributed by atoms with Crippen LogP contribution in [0.25, 0.3) is 0 Å². The molecule has 0 saturated heterocycles. The highest BCUT2D eigenvalue weighted by Crippen LogP contribution is 2.29. The highest BCUT2D eigenvalue weighted by molar-refractivity contribution is 6.31. The van der Waals surface area contributed by atoms with Crippen LogP contribution in [-0.2, 0) is 12.0 Å². The molecular weight excluding hydrogens is 236 g/mol. The molecule has 2 aromatic rings. The molecule has 90 valence electrons. The molecule has 1 aromatic carbocycles. The van der Waals surface area contributed by atoms with Crippen molar-refractivity contribution in [2.24, 2.45) is 0 Å². The third-order valence-corrected chi connectivity index (χ3v) is 3.24. The van der Waals surface area contributed by atoms with E-state index in [1.807, 2.05) is 25.1 Å². The monoisotopic (exact) mass is 250 g/mol. The quantitative estimate of drug-likeness (QED) is 0.901. The maximum atomic E-state index is 10.4. The Morgan fingerprint density at radius 2 is 2.12 bits per heavy atom. The van der Waals surface area contributed by atoms with E-state index < -0.39 is 5.60 Å². The topological polar surface area (TPSA) is 33.4 Å². The summed E-state index contributed by atoms with van der Waals surface area (Å²) in [5, 5.41) is 11.1. The van der Waals surface area contributed by atoms with E-state index >= 15 is 0 Å². The number of hydrogen-bond donors (Lipinski definition) is 1. The first-order valence-corrected chi connectivity index (χ1v) is 5.87. The third-order valence-electron chi connectivity index (χ3n) is 2.89. The van der Waals surface area contributed by atoms with Crippen LogP contribution < -0.4 is 0 Å². The molecule has 0 radical (unpaired) electrons. The van der Waals surface area contributed by atoms with Crippen molar-refractivity contribution < 1.29 is 9.52 Å². The van der Waals surface area contributed by atoms with E-state index in [0.29, 0.717) is 11.4 Å². The minimum absolute atomic E-state index is 0.464. The second-order valence-electron chi connectivity index (χ2n) is 4.56. The molecule has 1 N–H and O–H groups in total. The predicted molar refractivity (Wildman–Crippen MR) is 68.2 cm³/mol. The fourth-order valence-electron chi connectivity index (χ4n) is 1.84. The number of aliphatic hydroxyl groups is 1. The summed E-state index contributed by atoms with van der Waals surface area (Å²) in [5.74, 6) is 0. The van der Waals surface area contributed by atoms with Gasteiger partial charge in [0.2, 0.25) is 0 Å². The number of benzene rings is 1. The van der Waals surface area contributed by atoms with Crippen molar-refractivity contribution in [2.45, 2.75) is 25.9 Å². The summed E-state index contributed by atoms with van der Waals surface area (Å²) < 4.78 is 4.99. The predicted octanol–water partition coefficient (Wildman–Crippen LogP) is 3.69. The molecule has 2 rings (SSSR count). The van der Waals surface area contributed by atoms with Crippen LogP contribution in [0, 0.1) is 6.92 Å². The standard InChI is InChI=1S/C14H15ClO2/c1-10-3-4-11(13(15)7-10)8-14(2,16)12-5-6-17-9-12/h3-7,9,16H,8H2,1-2H3. The number of hydrogen-bond acceptors (Lipinski definition) is 2. The lowest BCUT2D eigenvalue weighted by atomic mass is 9.90. The lowest BCUT2D eigenvalue weighted by Crippen LogP contribution is -2.23. The summed E-state index contributed by atoms with van der Waals surface area (Å²) in [5.41, 5.74) is 1.84. The Morgan fingerprint density at radius 1 is 1.35 bits per heavy atom. The van der Waals surface area contributed by atoms with Gasteiger partial charge in [0.25, 0.3) is 0 Å². The molecule has 1 atom stereocenters. The van der Waals surface area contributed by atoms with Crippen LogP contribution >= 0.6 is 11.6 Å². The number of halogens is 1. The summed E-state index contributed by atoms with van der Waals surface area (Å²) >= 11 is 6.16. The van der Waals surface area contributed by atoms with E-state index in [2.05, 4.69) is 0 Å². The lowest BCUT2D eigenvalue weighted by Gasteiger charge is -2.22. The van der Waals surface area contributed by atoms with Crippen LogP contribution in [0.3, 0.4) is 0 Å². The fourth-order valence-corrected chi connectivity index (χ4v) is 2.14. The summed E-state index contributed by atoms with van der Waals surface area (Å²) in [6.07, 6.45) is 3.58. The number of rotatable bonds is 3. The Kier molecular flexibility index (Phi) is 3.27. The molecule has 1 aromatic heterocycles. The molecule has 0 spiro atoms. The highest BCUT2D eigenvalue weighted by atomic mass is 35.5. The van der Waals surface area contributed by atoms with E-state index in [9.17, 15) is 5.11 Å². The third kappa shape index (κ3) is 2.71. The van der Waals surface area contributed by atoms with Gasteiger partial charge in [0, 0.05) is 17.0 Å². The molecule has 0 aliphatic heterocycles. The fraction of sp³-hybridized carbons (Fsp3) is 0.286. The van der Waals surface area contributed by atoms with E-state index in [1.165, 1.54) is 0 Å². The van der Waals surface area contributed by atoms with E-state index in [1.54, 1.807) is 25.5 Å². The van der Waals surface area contributed by atoms with Crippen LogP contribution in [0.4, 0.5) is 0 Å². The van der Waals surface area contributed by atoms with Gasteiger partial charge >= 0.3 is 0 Å². The highest BCUT2D eigenvalue weighted by Gasteiger charge is 2.25. The molecular formula is C14H15ClO2. The molecule has 0 aliphatic carbocycles. The van der Waals surface area contributed by atoms with Crippen molar-refractivity contribution in [3.63, 3.8) is 0 Å². The Labute approximate surface area is 106 Å². The second kappa shape index (κ2) is 4.55. The molecule has 3 heteroatoms. The minimum atomic E-state index is -0.966. The van der Waals surface area contributed by atoms with Crippen LogP contribution in [0.5, 0.6) is 0 Å². The van der Waals surface area contributed by atoms with E-state index in [-0.39, 0.29) is 0 Å². The first-order chi connectivity index (χ1) is 7.99. The Bertz CT molecular complexity index is 501. The van der Waals surface area contributed by atoms with Gasteiger partial charge in [-0.05, 0) is 37.1 Å². The van der Waals surface area contributed by atoms with Gasteiger partial charge in [-0.3, -0.25) is 0 Å². The average molecular weight is 251 g/mol. The number of aryl methyl sites for hydroxylation is 1. The zero-order chi connectivity index (χ0) is 12.5. The van der Waals surface area contributed by atoms with Gasteiger partial charge < -0.3 is 9.52 Å². The molecule has 0 amide bonds. The molecule has 1 unspecified atom stereocenters. The van der Waals surface area contributed by atoms with Crippen LogP contribution in [-0.4, -0.2) is 5.11 Å². The van der Waals surface area contributed by atoms with E-state index in [4.69, 9.17) is 16.0 Å². The molecule has 2 nitrogen and oxygen atoms in total. The van der Waals surface area contributed by atoms with Gasteiger partial charge in [-0.15, -0.1) is 0 Å². The van der Waals surface area contributed by atoms with Crippen molar-refractivity contribution in [1.29, 1.82) is 0 Å². The summed E-state index contributed by atoms with van der Waals surface area (Å²) in [4.78, 5) is 0. The molecule has 1 heterocycles. The zero-order valence-electron chi connectivity index (χ0n) is 9.90. The molecule has 17 heavy (non-hydrogen) atoms. The van der Waals surface area contributed by atoms with Crippen molar-refractivity contribution in [3.8, 4) is 0 Å². The first kappa shape index (κ1) is 12.2. The maximum Gasteiger partial charge on any atom is 0.0963 e. The van der Waals surface area contributed by atoms with Gasteiger partial charge in [0.05, 0.1) is 18.1 Å². The van der Waals surface area contributed by atoms with Gasteiger partial charge in [-0.1, -0.05) is 23.7 Å². The minimum Gasteiger partial charge on any atom is -0.472 e. The Balaban J connectivity index is 2.26. The van der Waals surface area contributed by atoms with Crippen LogP contribution in [0.2, 0.25) is 5.02 Å². The van der Waals surface area contributed by atoms with E-state index in [0.717, 1.165) is 16.7 Å². The van der Waals surface area contributed by atoms with Crippen molar-refractivity contribution in [3.05, 3.63) is 58.5 Å². The zero-order valence-corrected chi connectivity index (χ0v) is 10.7. The van der Waals surface area contributed by atoms with Crippen LogP contribution in [0.1, 0.15) is 23.6 Å². The smallest absolute Gasteiger partial charge is 0.0963 e. The van der Waals surface area contributed by atoms with Crippen molar-refractivity contribution in [2.75, 3.05) is 0 Å². The van der Waals surface area contributed by atoms with Gasteiger partial charge in [-0.25, -0.2) is 0 Å². The first-order valence-electron chi connectivity index (χ1n) is 5.49. The molecule has 0 saturated carbocycles. The maximum absolute atomic E-state index is 10.4. The molecule has 0 fully saturated rings. The number of furan rings is 1. The lowest BCUT2D eigenvalue weighted by molar-refractivity contribution is 0.0570. The normalized spacial score (nSPS) is 14.6. The largest absolute Gasteiger partial charge is 0.472 e.